The van der Waals surface area contributed by atoms with E-state index in [-0.39, 0.29) is 11.6 Å². The number of ether oxygens (including phenoxy) is 2. The number of amides is 2. The highest BCUT2D eigenvalue weighted by molar-refractivity contribution is 5.97. The Bertz CT molecular complexity index is 966. The number of aromatic nitrogens is 1. The molecule has 0 aliphatic carbocycles. The van der Waals surface area contributed by atoms with Gasteiger partial charge in [0.25, 0.3) is 0 Å². The van der Waals surface area contributed by atoms with Crippen LogP contribution in [0.15, 0.2) is 52.7 Å². The second-order valence-electron chi connectivity index (χ2n) is 5.36. The van der Waals surface area contributed by atoms with Gasteiger partial charge in [-0.05, 0) is 18.2 Å². The fourth-order valence-electron chi connectivity index (χ4n) is 2.57. The number of carbonyl (C=O) groups is 1. The van der Waals surface area contributed by atoms with E-state index in [1.165, 1.54) is 0 Å². The summed E-state index contributed by atoms with van der Waals surface area (Å²) in [6.07, 6.45) is 0. The zero-order valence-corrected chi connectivity index (χ0v) is 13.0. The molecule has 0 atom stereocenters. The number of urea groups is 1. The molecule has 1 aromatic heterocycles. The quantitative estimate of drug-likeness (QED) is 0.614. The Morgan fingerprint density at radius 2 is 1.84 bits per heavy atom. The van der Waals surface area contributed by atoms with Crippen molar-refractivity contribution in [1.29, 1.82) is 0 Å². The molecule has 0 radical (unpaired) electrons. The van der Waals surface area contributed by atoms with Gasteiger partial charge < -0.3 is 24.9 Å². The highest BCUT2D eigenvalue weighted by Gasteiger charge is 2.18. The molecule has 1 aliphatic rings. The van der Waals surface area contributed by atoms with E-state index in [0.717, 1.165) is 0 Å². The molecule has 0 spiro atoms. The van der Waals surface area contributed by atoms with Gasteiger partial charge in [-0.1, -0.05) is 23.3 Å². The molecule has 2 aromatic carbocycles. The summed E-state index contributed by atoms with van der Waals surface area (Å²) in [5.41, 5.74) is 1.38. The number of aromatic amines is 1. The summed E-state index contributed by atoms with van der Waals surface area (Å²) in [5, 5.41) is 20.7. The summed E-state index contributed by atoms with van der Waals surface area (Å²) >= 11 is 0. The van der Waals surface area contributed by atoms with Crippen molar-refractivity contribution in [2.45, 2.75) is 0 Å². The van der Waals surface area contributed by atoms with Gasteiger partial charge in [0.05, 0.1) is 5.52 Å². The van der Waals surface area contributed by atoms with Crippen LogP contribution in [0.25, 0.3) is 10.9 Å². The Morgan fingerprint density at radius 1 is 1.12 bits per heavy atom. The number of benzene rings is 2. The van der Waals surface area contributed by atoms with E-state index in [1.54, 1.807) is 36.4 Å². The minimum atomic E-state index is -0.641. The molecule has 0 fully saturated rings. The Labute approximate surface area is 142 Å². The minimum absolute atomic E-state index is 0.162. The average molecular weight is 338 g/mol. The van der Waals surface area contributed by atoms with Gasteiger partial charge in [-0.3, -0.25) is 0 Å². The lowest BCUT2D eigenvalue weighted by molar-refractivity contribution is 0.172. The Balaban J connectivity index is 1.62. The Kier molecular flexibility index (Phi) is 3.70. The summed E-state index contributed by atoms with van der Waals surface area (Å²) in [6, 6.07) is 11.7. The molecule has 2 heterocycles. The standard InChI is InChI=1S/C17H14N4O4/c22-16-15(20-21-17(23)18-10-4-2-1-3-5-10)11-8-13-14(9-12(11)19-16)25-7-6-24-13/h1-5,8-9,19,22H,6-7H2,(H,18,23). The van der Waals surface area contributed by atoms with Crippen molar-refractivity contribution in [3.8, 4) is 17.4 Å². The second-order valence-corrected chi connectivity index (χ2v) is 5.36. The van der Waals surface area contributed by atoms with Crippen LogP contribution in [0.5, 0.6) is 17.4 Å². The fraction of sp³-hybridized carbons (Fsp3) is 0.118. The van der Waals surface area contributed by atoms with Crippen LogP contribution in [0.3, 0.4) is 0 Å². The van der Waals surface area contributed by atoms with E-state index in [2.05, 4.69) is 20.5 Å². The van der Waals surface area contributed by atoms with Crippen molar-refractivity contribution < 1.29 is 19.4 Å². The number of nitrogens with one attached hydrogen (secondary N) is 2. The number of nitrogens with zero attached hydrogens (tertiary/aromatic N) is 2. The van der Waals surface area contributed by atoms with Crippen molar-refractivity contribution in [1.82, 2.24) is 4.98 Å². The number of hydrogen-bond donors (Lipinski definition) is 3. The van der Waals surface area contributed by atoms with Crippen LogP contribution in [0.1, 0.15) is 0 Å². The van der Waals surface area contributed by atoms with Crippen LogP contribution in [0.2, 0.25) is 0 Å². The molecule has 3 aromatic rings. The van der Waals surface area contributed by atoms with Gasteiger partial charge in [0, 0.05) is 17.1 Å². The van der Waals surface area contributed by atoms with Crippen LogP contribution in [-0.4, -0.2) is 29.3 Å². The molecule has 8 heteroatoms. The predicted octanol–water partition coefficient (Wildman–Crippen LogP) is 3.96. The zero-order valence-electron chi connectivity index (χ0n) is 13.0. The van der Waals surface area contributed by atoms with Crippen molar-refractivity contribution in [2.75, 3.05) is 18.5 Å². The average Bonchev–Trinajstić information content (AvgIpc) is 2.93. The number of fused-ring (bicyclic) bond motifs is 2. The number of carbonyl (C=O) groups excluding carboxylic acids is 1. The molecule has 25 heavy (non-hydrogen) atoms. The molecule has 1 aliphatic heterocycles. The summed E-state index contributed by atoms with van der Waals surface area (Å²) in [7, 11) is 0. The molecule has 2 amide bonds. The zero-order chi connectivity index (χ0) is 17.2. The summed E-state index contributed by atoms with van der Waals surface area (Å²) < 4.78 is 11.0. The van der Waals surface area contributed by atoms with E-state index < -0.39 is 6.03 Å². The maximum Gasteiger partial charge on any atom is 0.364 e. The van der Waals surface area contributed by atoms with Crippen LogP contribution < -0.4 is 14.8 Å². The van der Waals surface area contributed by atoms with E-state index in [0.29, 0.717) is 41.3 Å². The largest absolute Gasteiger partial charge is 0.493 e. The third-order valence-electron chi connectivity index (χ3n) is 3.68. The van der Waals surface area contributed by atoms with Gasteiger partial charge >= 0.3 is 6.03 Å². The predicted molar refractivity (Wildman–Crippen MR) is 90.9 cm³/mol. The maximum atomic E-state index is 11.9. The van der Waals surface area contributed by atoms with E-state index >= 15 is 0 Å². The van der Waals surface area contributed by atoms with Crippen LogP contribution in [-0.2, 0) is 0 Å². The Morgan fingerprint density at radius 3 is 2.60 bits per heavy atom. The lowest BCUT2D eigenvalue weighted by atomic mass is 10.2. The van der Waals surface area contributed by atoms with Gasteiger partial charge in [0.2, 0.25) is 5.88 Å². The van der Waals surface area contributed by atoms with Crippen molar-refractivity contribution >= 4 is 28.3 Å². The number of para-hydroxylation sites is 1. The van der Waals surface area contributed by atoms with Gasteiger partial charge in [-0.25, -0.2) is 4.79 Å². The van der Waals surface area contributed by atoms with Crippen LogP contribution in [0, 0.1) is 0 Å². The van der Waals surface area contributed by atoms with Gasteiger partial charge in [0.1, 0.15) is 13.2 Å². The molecule has 0 unspecified atom stereocenters. The summed E-state index contributed by atoms with van der Waals surface area (Å²) in [4.78, 5) is 14.7. The third-order valence-corrected chi connectivity index (χ3v) is 3.68. The number of aromatic hydroxyl groups is 1. The molecule has 8 nitrogen and oxygen atoms in total. The van der Waals surface area contributed by atoms with E-state index in [9.17, 15) is 9.90 Å². The summed E-state index contributed by atoms with van der Waals surface area (Å²) in [6.45, 7) is 0.919. The second kappa shape index (κ2) is 6.16. The minimum Gasteiger partial charge on any atom is -0.493 e. The number of anilines is 1. The molecule has 0 saturated carbocycles. The molecule has 0 bridgehead atoms. The molecule has 0 saturated heterocycles. The van der Waals surface area contributed by atoms with Gasteiger partial charge in [0.15, 0.2) is 17.2 Å². The first-order valence-corrected chi connectivity index (χ1v) is 7.63. The third kappa shape index (κ3) is 2.97. The van der Waals surface area contributed by atoms with Crippen LogP contribution >= 0.6 is 0 Å². The lowest BCUT2D eigenvalue weighted by Gasteiger charge is -2.17. The fourth-order valence-corrected chi connectivity index (χ4v) is 2.57. The molecule has 3 N–H and O–H groups in total. The van der Waals surface area contributed by atoms with Crippen molar-refractivity contribution in [3.05, 3.63) is 42.5 Å². The molecule has 4 rings (SSSR count). The number of hydrogen-bond acceptors (Lipinski definition) is 5. The van der Waals surface area contributed by atoms with Crippen molar-refractivity contribution in [2.24, 2.45) is 10.2 Å². The first-order valence-electron chi connectivity index (χ1n) is 7.63. The highest BCUT2D eigenvalue weighted by atomic mass is 16.6. The summed E-state index contributed by atoms with van der Waals surface area (Å²) in [5.74, 6) is 0.960. The SMILES string of the molecule is O=C(N=Nc1c(O)[nH]c2cc3c(cc12)OCCO3)Nc1ccccc1. The van der Waals surface area contributed by atoms with E-state index in [1.807, 2.05) is 6.07 Å². The number of rotatable bonds is 2. The smallest absolute Gasteiger partial charge is 0.364 e. The number of azo groups is 1. The van der Waals surface area contributed by atoms with E-state index in [4.69, 9.17) is 9.47 Å². The van der Waals surface area contributed by atoms with Crippen LogP contribution in [0.4, 0.5) is 16.2 Å². The lowest BCUT2D eigenvalue weighted by Crippen LogP contribution is -2.15. The molecule has 126 valence electrons. The highest BCUT2D eigenvalue weighted by Crippen LogP contribution is 2.42. The first kappa shape index (κ1) is 15.0. The Hall–Kier alpha value is -3.55. The number of H-pyrrole nitrogens is 1. The molecular weight excluding hydrogens is 324 g/mol. The molecular formula is C17H14N4O4. The van der Waals surface area contributed by atoms with Gasteiger partial charge in [-0.2, -0.15) is 0 Å². The first-order chi connectivity index (χ1) is 12.2. The van der Waals surface area contributed by atoms with Crippen molar-refractivity contribution in [3.63, 3.8) is 0 Å². The normalized spacial score (nSPS) is 13.3. The monoisotopic (exact) mass is 338 g/mol. The maximum absolute atomic E-state index is 11.9. The van der Waals surface area contributed by atoms with Gasteiger partial charge in [-0.15, -0.1) is 5.11 Å². The topological polar surface area (TPSA) is 108 Å².